The first-order valence-corrected chi connectivity index (χ1v) is 10.0. The lowest BCUT2D eigenvalue weighted by Crippen LogP contribution is -2.46. The van der Waals surface area contributed by atoms with E-state index in [2.05, 4.69) is 15.1 Å². The number of piperazine rings is 1. The number of carbonyl (C=O) groups excluding carboxylic acids is 1. The van der Waals surface area contributed by atoms with Gasteiger partial charge in [0, 0.05) is 49.4 Å². The molecule has 1 aliphatic rings. The molecule has 2 aromatic rings. The number of nitrogens with zero attached hydrogens (tertiary/aromatic N) is 2. The SMILES string of the molecule is CC(C)(C)C(=O)Nc1ccc(N2CCN(Cc3ccccc3F)CC2)cc1C(=O)O. The van der Waals surface area contributed by atoms with Gasteiger partial charge in [0.2, 0.25) is 5.91 Å². The summed E-state index contributed by atoms with van der Waals surface area (Å²) in [7, 11) is 0. The quantitative estimate of drug-likeness (QED) is 0.779. The molecule has 0 unspecified atom stereocenters. The van der Waals surface area contributed by atoms with E-state index in [1.165, 1.54) is 6.07 Å². The van der Waals surface area contributed by atoms with Crippen LogP contribution in [0.5, 0.6) is 0 Å². The van der Waals surface area contributed by atoms with Crippen molar-refractivity contribution in [1.82, 2.24) is 4.90 Å². The number of benzene rings is 2. The number of carbonyl (C=O) groups is 2. The molecular formula is C23H28FN3O3. The molecule has 1 amide bonds. The molecule has 1 heterocycles. The molecule has 3 rings (SSSR count). The van der Waals surface area contributed by atoms with Crippen molar-refractivity contribution in [2.75, 3.05) is 36.4 Å². The number of anilines is 2. The second-order valence-corrected chi connectivity index (χ2v) is 8.59. The molecule has 0 spiro atoms. The van der Waals surface area contributed by atoms with Gasteiger partial charge < -0.3 is 15.3 Å². The van der Waals surface area contributed by atoms with Crippen molar-refractivity contribution >= 4 is 23.3 Å². The average Bonchev–Trinajstić information content (AvgIpc) is 2.70. The van der Waals surface area contributed by atoms with E-state index >= 15 is 0 Å². The summed E-state index contributed by atoms with van der Waals surface area (Å²) >= 11 is 0. The Hall–Kier alpha value is -2.93. The minimum Gasteiger partial charge on any atom is -0.478 e. The lowest BCUT2D eigenvalue weighted by atomic mass is 9.95. The largest absolute Gasteiger partial charge is 0.478 e. The summed E-state index contributed by atoms with van der Waals surface area (Å²) in [5.41, 5.74) is 1.22. The van der Waals surface area contributed by atoms with Crippen molar-refractivity contribution < 1.29 is 19.1 Å². The molecular weight excluding hydrogens is 385 g/mol. The van der Waals surface area contributed by atoms with E-state index < -0.39 is 11.4 Å². The number of nitrogens with one attached hydrogen (secondary N) is 1. The second kappa shape index (κ2) is 8.83. The zero-order valence-electron chi connectivity index (χ0n) is 17.6. The maximum absolute atomic E-state index is 13.9. The first kappa shape index (κ1) is 21.8. The molecule has 1 fully saturated rings. The van der Waals surface area contributed by atoms with E-state index in [0.717, 1.165) is 18.8 Å². The topological polar surface area (TPSA) is 72.9 Å². The molecule has 2 aromatic carbocycles. The first-order valence-electron chi connectivity index (χ1n) is 10.0. The Morgan fingerprint density at radius 2 is 1.73 bits per heavy atom. The van der Waals surface area contributed by atoms with Crippen LogP contribution in [0, 0.1) is 11.2 Å². The molecule has 7 heteroatoms. The smallest absolute Gasteiger partial charge is 0.337 e. The Morgan fingerprint density at radius 3 is 2.33 bits per heavy atom. The number of rotatable bonds is 5. The lowest BCUT2D eigenvalue weighted by Gasteiger charge is -2.36. The third kappa shape index (κ3) is 5.16. The zero-order chi connectivity index (χ0) is 21.9. The Morgan fingerprint density at radius 1 is 1.07 bits per heavy atom. The number of hydrogen-bond acceptors (Lipinski definition) is 4. The van der Waals surface area contributed by atoms with Gasteiger partial charge >= 0.3 is 5.97 Å². The van der Waals surface area contributed by atoms with Crippen LogP contribution in [0.15, 0.2) is 42.5 Å². The Bertz CT molecular complexity index is 932. The van der Waals surface area contributed by atoms with Crippen LogP contribution in [0.4, 0.5) is 15.8 Å². The third-order valence-electron chi connectivity index (χ3n) is 5.25. The van der Waals surface area contributed by atoms with E-state index in [-0.39, 0.29) is 17.3 Å². The van der Waals surface area contributed by atoms with Crippen molar-refractivity contribution in [2.45, 2.75) is 27.3 Å². The van der Waals surface area contributed by atoms with Crippen molar-refractivity contribution in [3.63, 3.8) is 0 Å². The van der Waals surface area contributed by atoms with Gasteiger partial charge in [-0.2, -0.15) is 0 Å². The predicted octanol–water partition coefficient (Wildman–Crippen LogP) is 3.83. The van der Waals surface area contributed by atoms with Crippen LogP contribution in [0.3, 0.4) is 0 Å². The molecule has 1 saturated heterocycles. The fourth-order valence-corrected chi connectivity index (χ4v) is 3.36. The lowest BCUT2D eigenvalue weighted by molar-refractivity contribution is -0.123. The van der Waals surface area contributed by atoms with Crippen LogP contribution < -0.4 is 10.2 Å². The highest BCUT2D eigenvalue weighted by Gasteiger charge is 2.24. The van der Waals surface area contributed by atoms with E-state index in [1.807, 2.05) is 12.1 Å². The maximum atomic E-state index is 13.9. The molecule has 1 aliphatic heterocycles. The highest BCUT2D eigenvalue weighted by Crippen LogP contribution is 2.26. The van der Waals surface area contributed by atoms with Gasteiger partial charge in [-0.1, -0.05) is 39.0 Å². The Balaban J connectivity index is 1.68. The standard InChI is InChI=1S/C23H28FN3O3/c1-23(2,3)22(30)25-20-9-8-17(14-18(20)21(28)29)27-12-10-26(11-13-27)15-16-6-4-5-7-19(16)24/h4-9,14H,10-13,15H2,1-3H3,(H,25,30)(H,28,29). The summed E-state index contributed by atoms with van der Waals surface area (Å²) in [5.74, 6) is -1.52. The normalized spacial score (nSPS) is 15.1. The number of amides is 1. The van der Waals surface area contributed by atoms with Gasteiger partial charge in [-0.3, -0.25) is 9.69 Å². The van der Waals surface area contributed by atoms with Gasteiger partial charge in [0.25, 0.3) is 0 Å². The number of carboxylic acids is 1. The average molecular weight is 413 g/mol. The summed E-state index contributed by atoms with van der Waals surface area (Å²) in [6, 6.07) is 11.9. The zero-order valence-corrected chi connectivity index (χ0v) is 17.6. The molecule has 0 saturated carbocycles. The summed E-state index contributed by atoms with van der Waals surface area (Å²) in [4.78, 5) is 28.3. The predicted molar refractivity (Wildman–Crippen MR) is 115 cm³/mol. The molecule has 2 N–H and O–H groups in total. The van der Waals surface area contributed by atoms with Crippen molar-refractivity contribution in [3.8, 4) is 0 Å². The molecule has 0 bridgehead atoms. The maximum Gasteiger partial charge on any atom is 0.337 e. The minimum absolute atomic E-state index is 0.0684. The Labute approximate surface area is 176 Å². The monoisotopic (exact) mass is 413 g/mol. The minimum atomic E-state index is -1.08. The van der Waals surface area contributed by atoms with Crippen LogP contribution in [0.2, 0.25) is 0 Å². The van der Waals surface area contributed by atoms with Gasteiger partial charge in [0.15, 0.2) is 0 Å². The molecule has 0 aliphatic carbocycles. The van der Waals surface area contributed by atoms with Gasteiger partial charge in [-0.15, -0.1) is 0 Å². The Kier molecular flexibility index (Phi) is 6.41. The fraction of sp³-hybridized carbons (Fsp3) is 0.391. The highest BCUT2D eigenvalue weighted by atomic mass is 19.1. The molecule has 6 nitrogen and oxygen atoms in total. The molecule has 0 radical (unpaired) electrons. The molecule has 160 valence electrons. The third-order valence-corrected chi connectivity index (χ3v) is 5.25. The fourth-order valence-electron chi connectivity index (χ4n) is 3.36. The molecule has 30 heavy (non-hydrogen) atoms. The van der Waals surface area contributed by atoms with Crippen LogP contribution in [-0.2, 0) is 11.3 Å². The summed E-state index contributed by atoms with van der Waals surface area (Å²) < 4.78 is 13.9. The van der Waals surface area contributed by atoms with E-state index in [9.17, 15) is 19.1 Å². The number of hydrogen-bond donors (Lipinski definition) is 2. The van der Waals surface area contributed by atoms with Crippen LogP contribution in [-0.4, -0.2) is 48.1 Å². The van der Waals surface area contributed by atoms with Crippen molar-refractivity contribution in [2.24, 2.45) is 5.41 Å². The molecule has 0 atom stereocenters. The van der Waals surface area contributed by atoms with E-state index in [1.54, 1.807) is 45.0 Å². The number of aromatic carboxylic acids is 1. The number of halogens is 1. The van der Waals surface area contributed by atoms with Crippen LogP contribution >= 0.6 is 0 Å². The summed E-state index contributed by atoms with van der Waals surface area (Å²) in [5, 5.41) is 12.3. The van der Waals surface area contributed by atoms with E-state index in [4.69, 9.17) is 0 Å². The first-order chi connectivity index (χ1) is 14.1. The summed E-state index contributed by atoms with van der Waals surface area (Å²) in [6.45, 7) is 8.80. The van der Waals surface area contributed by atoms with Crippen LogP contribution in [0.1, 0.15) is 36.7 Å². The molecule has 0 aromatic heterocycles. The number of carboxylic acid groups (broad SMARTS) is 1. The summed E-state index contributed by atoms with van der Waals surface area (Å²) in [6.07, 6.45) is 0. The van der Waals surface area contributed by atoms with Crippen molar-refractivity contribution in [1.29, 1.82) is 0 Å². The van der Waals surface area contributed by atoms with E-state index in [0.29, 0.717) is 30.9 Å². The van der Waals surface area contributed by atoms with Gasteiger partial charge in [-0.05, 0) is 24.3 Å². The van der Waals surface area contributed by atoms with Crippen LogP contribution in [0.25, 0.3) is 0 Å². The van der Waals surface area contributed by atoms with Crippen molar-refractivity contribution in [3.05, 3.63) is 59.4 Å². The van der Waals surface area contributed by atoms with Gasteiger partial charge in [0.1, 0.15) is 5.82 Å². The highest BCUT2D eigenvalue weighted by molar-refractivity contribution is 6.02. The van der Waals surface area contributed by atoms with Gasteiger partial charge in [0.05, 0.1) is 11.3 Å². The second-order valence-electron chi connectivity index (χ2n) is 8.59. The van der Waals surface area contributed by atoms with Gasteiger partial charge in [-0.25, -0.2) is 9.18 Å².